The molecule has 0 aliphatic rings. The van der Waals surface area contributed by atoms with Gasteiger partial charge in [-0.2, -0.15) is 5.26 Å². The maximum absolute atomic E-state index is 11.7. The van der Waals surface area contributed by atoms with Gasteiger partial charge in [0, 0.05) is 18.4 Å². The maximum Gasteiger partial charge on any atom is 0.263 e. The highest BCUT2D eigenvalue weighted by molar-refractivity contribution is 5.97. The van der Waals surface area contributed by atoms with E-state index in [9.17, 15) is 4.79 Å². The van der Waals surface area contributed by atoms with E-state index in [2.05, 4.69) is 10.6 Å². The number of ether oxygens (including phenoxy) is 1. The lowest BCUT2D eigenvalue weighted by Gasteiger charge is -2.05. The number of nitrogens with zero attached hydrogens (tertiary/aromatic N) is 1. The highest BCUT2D eigenvalue weighted by Crippen LogP contribution is 2.15. The van der Waals surface area contributed by atoms with Crippen molar-refractivity contribution in [3.8, 4) is 11.8 Å². The molecule has 1 aromatic rings. The van der Waals surface area contributed by atoms with Crippen molar-refractivity contribution in [1.82, 2.24) is 5.32 Å². The van der Waals surface area contributed by atoms with Gasteiger partial charge in [0.2, 0.25) is 0 Å². The van der Waals surface area contributed by atoms with Crippen molar-refractivity contribution in [2.24, 2.45) is 0 Å². The van der Waals surface area contributed by atoms with Crippen LogP contribution in [0.2, 0.25) is 0 Å². The fourth-order valence-electron chi connectivity index (χ4n) is 1.47. The summed E-state index contributed by atoms with van der Waals surface area (Å²) >= 11 is 0. The third kappa shape index (κ3) is 5.02. The minimum atomic E-state index is -0.359. The third-order valence-corrected chi connectivity index (χ3v) is 2.65. The Morgan fingerprint density at radius 1 is 1.40 bits per heavy atom. The number of carbonyl (C=O) groups is 1. The molecule has 106 valence electrons. The van der Waals surface area contributed by atoms with Crippen LogP contribution < -0.4 is 15.4 Å². The Bertz CT molecular complexity index is 501. The van der Waals surface area contributed by atoms with Gasteiger partial charge < -0.3 is 15.4 Å². The van der Waals surface area contributed by atoms with Crippen LogP contribution in [0.4, 0.5) is 5.69 Å². The number of hydrogen-bond acceptors (Lipinski definition) is 4. The monoisotopic (exact) mass is 273 g/mol. The van der Waals surface area contributed by atoms with Crippen molar-refractivity contribution in [2.45, 2.75) is 19.8 Å². The second kappa shape index (κ2) is 8.59. The number of nitriles is 1. The molecule has 0 unspecified atom stereocenters. The van der Waals surface area contributed by atoms with Crippen LogP contribution in [0, 0.1) is 11.3 Å². The molecule has 1 rings (SSSR count). The molecule has 0 heterocycles. The van der Waals surface area contributed by atoms with Gasteiger partial charge in [0.25, 0.3) is 5.91 Å². The molecule has 0 atom stereocenters. The molecule has 0 aliphatic carbocycles. The number of hydrogen-bond donors (Lipinski definition) is 2. The lowest BCUT2D eigenvalue weighted by molar-refractivity contribution is -0.117. The van der Waals surface area contributed by atoms with E-state index < -0.39 is 0 Å². The van der Waals surface area contributed by atoms with E-state index in [0.717, 1.165) is 24.3 Å². The summed E-state index contributed by atoms with van der Waals surface area (Å²) in [5, 5.41) is 14.6. The minimum Gasteiger partial charge on any atom is -0.497 e. The molecule has 1 aromatic carbocycles. The summed E-state index contributed by atoms with van der Waals surface area (Å²) in [4.78, 5) is 11.7. The lowest BCUT2D eigenvalue weighted by atomic mass is 10.2. The topological polar surface area (TPSA) is 74.2 Å². The molecule has 5 nitrogen and oxygen atoms in total. The standard InChI is InChI=1S/C15H19N3O2/c1-3-4-9-17-15(19)12(10-16)11-18-13-5-7-14(20-2)8-6-13/h5-8,11,18H,3-4,9H2,1-2H3,(H,17,19)/b12-11-. The van der Waals surface area contributed by atoms with E-state index in [1.807, 2.05) is 13.0 Å². The zero-order chi connectivity index (χ0) is 14.8. The van der Waals surface area contributed by atoms with E-state index >= 15 is 0 Å². The van der Waals surface area contributed by atoms with Gasteiger partial charge >= 0.3 is 0 Å². The Kier molecular flexibility index (Phi) is 6.69. The molecular weight excluding hydrogens is 254 g/mol. The fraction of sp³-hybridized carbons (Fsp3) is 0.333. The van der Waals surface area contributed by atoms with Gasteiger partial charge in [-0.25, -0.2) is 0 Å². The number of carbonyl (C=O) groups excluding carboxylic acids is 1. The Morgan fingerprint density at radius 2 is 2.10 bits per heavy atom. The van der Waals surface area contributed by atoms with Crippen LogP contribution in [-0.2, 0) is 4.79 Å². The lowest BCUT2D eigenvalue weighted by Crippen LogP contribution is -2.25. The number of unbranched alkanes of at least 4 members (excludes halogenated alkanes) is 1. The van der Waals surface area contributed by atoms with Crippen molar-refractivity contribution in [3.63, 3.8) is 0 Å². The fourth-order valence-corrected chi connectivity index (χ4v) is 1.47. The normalized spacial score (nSPS) is 10.6. The van der Waals surface area contributed by atoms with Crippen molar-refractivity contribution < 1.29 is 9.53 Å². The van der Waals surface area contributed by atoms with Crippen LogP contribution in [0.15, 0.2) is 36.0 Å². The number of benzene rings is 1. The largest absolute Gasteiger partial charge is 0.497 e. The number of amides is 1. The van der Waals surface area contributed by atoms with Gasteiger partial charge in [-0.3, -0.25) is 4.79 Å². The number of rotatable bonds is 7. The van der Waals surface area contributed by atoms with Crippen LogP contribution in [-0.4, -0.2) is 19.6 Å². The second-order valence-corrected chi connectivity index (χ2v) is 4.15. The first-order valence-electron chi connectivity index (χ1n) is 6.50. The molecule has 0 fully saturated rings. The third-order valence-electron chi connectivity index (χ3n) is 2.65. The summed E-state index contributed by atoms with van der Waals surface area (Å²) in [7, 11) is 1.59. The summed E-state index contributed by atoms with van der Waals surface area (Å²) in [6.45, 7) is 2.62. The number of anilines is 1. The Balaban J connectivity index is 2.60. The zero-order valence-electron chi connectivity index (χ0n) is 11.8. The quantitative estimate of drug-likeness (QED) is 0.454. The average molecular weight is 273 g/mol. The SMILES string of the molecule is CCCCNC(=O)/C(C#N)=C\Nc1ccc(OC)cc1. The highest BCUT2D eigenvalue weighted by Gasteiger charge is 2.07. The molecule has 0 spiro atoms. The van der Waals surface area contributed by atoms with E-state index in [-0.39, 0.29) is 11.5 Å². The Hall–Kier alpha value is -2.48. The van der Waals surface area contributed by atoms with Crippen molar-refractivity contribution in [2.75, 3.05) is 19.0 Å². The van der Waals surface area contributed by atoms with Gasteiger partial charge in [0.1, 0.15) is 17.4 Å². The van der Waals surface area contributed by atoms with Gasteiger partial charge in [0.05, 0.1) is 7.11 Å². The average Bonchev–Trinajstić information content (AvgIpc) is 2.49. The van der Waals surface area contributed by atoms with Gasteiger partial charge in [-0.15, -0.1) is 0 Å². The molecule has 5 heteroatoms. The van der Waals surface area contributed by atoms with Gasteiger partial charge in [-0.05, 0) is 30.7 Å². The number of nitrogens with one attached hydrogen (secondary N) is 2. The molecule has 0 aliphatic heterocycles. The van der Waals surface area contributed by atoms with E-state index in [1.54, 1.807) is 31.4 Å². The smallest absolute Gasteiger partial charge is 0.263 e. The molecule has 0 radical (unpaired) electrons. The highest BCUT2D eigenvalue weighted by atomic mass is 16.5. The first kappa shape index (κ1) is 15.6. The molecular formula is C15H19N3O2. The summed E-state index contributed by atoms with van der Waals surface area (Å²) in [6, 6.07) is 9.08. The zero-order valence-corrected chi connectivity index (χ0v) is 11.8. The Morgan fingerprint density at radius 3 is 2.65 bits per heavy atom. The van der Waals surface area contributed by atoms with Gasteiger partial charge in [0.15, 0.2) is 0 Å². The molecule has 0 bridgehead atoms. The van der Waals surface area contributed by atoms with E-state index in [1.165, 1.54) is 6.20 Å². The molecule has 20 heavy (non-hydrogen) atoms. The number of methoxy groups -OCH3 is 1. The summed E-state index contributed by atoms with van der Waals surface area (Å²) in [6.07, 6.45) is 3.30. The first-order chi connectivity index (χ1) is 9.71. The van der Waals surface area contributed by atoms with Crippen LogP contribution in [0.5, 0.6) is 5.75 Å². The van der Waals surface area contributed by atoms with Crippen LogP contribution in [0.25, 0.3) is 0 Å². The predicted molar refractivity (Wildman–Crippen MR) is 78.2 cm³/mol. The Labute approximate surface area is 119 Å². The van der Waals surface area contributed by atoms with Crippen molar-refractivity contribution in [1.29, 1.82) is 5.26 Å². The van der Waals surface area contributed by atoms with Crippen LogP contribution in [0.3, 0.4) is 0 Å². The molecule has 0 aromatic heterocycles. The summed E-state index contributed by atoms with van der Waals surface area (Å²) < 4.78 is 5.05. The van der Waals surface area contributed by atoms with Crippen LogP contribution >= 0.6 is 0 Å². The summed E-state index contributed by atoms with van der Waals surface area (Å²) in [5.74, 6) is 0.388. The van der Waals surface area contributed by atoms with E-state index in [4.69, 9.17) is 10.00 Å². The van der Waals surface area contributed by atoms with Crippen LogP contribution in [0.1, 0.15) is 19.8 Å². The molecule has 1 amide bonds. The second-order valence-electron chi connectivity index (χ2n) is 4.15. The van der Waals surface area contributed by atoms with Crippen molar-refractivity contribution >= 4 is 11.6 Å². The minimum absolute atomic E-state index is 0.0527. The molecule has 0 saturated heterocycles. The molecule has 0 saturated carbocycles. The predicted octanol–water partition coefficient (Wildman–Crippen LogP) is 2.43. The summed E-state index contributed by atoms with van der Waals surface area (Å²) in [5.41, 5.74) is 0.830. The molecule has 2 N–H and O–H groups in total. The first-order valence-corrected chi connectivity index (χ1v) is 6.50. The maximum atomic E-state index is 11.7. The van der Waals surface area contributed by atoms with E-state index in [0.29, 0.717) is 6.54 Å². The van der Waals surface area contributed by atoms with Gasteiger partial charge in [-0.1, -0.05) is 13.3 Å². The van der Waals surface area contributed by atoms with Crippen molar-refractivity contribution in [3.05, 3.63) is 36.0 Å².